The number of hydrogen-bond donors (Lipinski definition) is 1. The van der Waals surface area contributed by atoms with Crippen molar-refractivity contribution in [3.8, 4) is 0 Å². The first-order chi connectivity index (χ1) is 6.22. The van der Waals surface area contributed by atoms with Crippen molar-refractivity contribution in [2.45, 2.75) is 32.7 Å². The topological polar surface area (TPSA) is 15.3 Å². The van der Waals surface area contributed by atoms with Gasteiger partial charge in [0, 0.05) is 12.6 Å². The molecule has 0 unspecified atom stereocenters. The SMILES string of the molecule is C=C(C)CN1CCC(NCC)CC1. The van der Waals surface area contributed by atoms with Crippen LogP contribution in [-0.4, -0.2) is 37.1 Å². The van der Waals surface area contributed by atoms with E-state index in [0.29, 0.717) is 0 Å². The van der Waals surface area contributed by atoms with Crippen LogP contribution in [-0.2, 0) is 0 Å². The van der Waals surface area contributed by atoms with Crippen molar-refractivity contribution >= 4 is 0 Å². The van der Waals surface area contributed by atoms with Gasteiger partial charge >= 0.3 is 0 Å². The maximum absolute atomic E-state index is 3.95. The second-order valence-electron chi connectivity index (χ2n) is 4.07. The van der Waals surface area contributed by atoms with Crippen LogP contribution >= 0.6 is 0 Å². The molecule has 0 aliphatic carbocycles. The van der Waals surface area contributed by atoms with Gasteiger partial charge in [0.2, 0.25) is 0 Å². The van der Waals surface area contributed by atoms with E-state index in [9.17, 15) is 0 Å². The van der Waals surface area contributed by atoms with E-state index in [2.05, 4.69) is 30.6 Å². The summed E-state index contributed by atoms with van der Waals surface area (Å²) in [6, 6.07) is 0.756. The Bertz CT molecular complexity index is 157. The van der Waals surface area contributed by atoms with Crippen LogP contribution in [0.5, 0.6) is 0 Å². The molecule has 76 valence electrons. The van der Waals surface area contributed by atoms with E-state index in [-0.39, 0.29) is 0 Å². The maximum Gasteiger partial charge on any atom is 0.0187 e. The smallest absolute Gasteiger partial charge is 0.0187 e. The van der Waals surface area contributed by atoms with Gasteiger partial charge in [-0.05, 0) is 39.4 Å². The summed E-state index contributed by atoms with van der Waals surface area (Å²) in [5.74, 6) is 0. The van der Waals surface area contributed by atoms with E-state index in [1.165, 1.54) is 31.5 Å². The highest BCUT2D eigenvalue weighted by molar-refractivity contribution is 4.93. The average Bonchev–Trinajstić information content (AvgIpc) is 2.08. The summed E-state index contributed by atoms with van der Waals surface area (Å²) in [5.41, 5.74) is 1.28. The summed E-state index contributed by atoms with van der Waals surface area (Å²) in [6.45, 7) is 12.9. The molecule has 0 amide bonds. The minimum Gasteiger partial charge on any atom is -0.314 e. The second kappa shape index (κ2) is 5.40. The van der Waals surface area contributed by atoms with Crippen molar-refractivity contribution < 1.29 is 0 Å². The first kappa shape index (κ1) is 10.7. The fourth-order valence-corrected chi connectivity index (χ4v) is 1.97. The lowest BCUT2D eigenvalue weighted by Gasteiger charge is -2.32. The molecule has 0 radical (unpaired) electrons. The average molecular weight is 182 g/mol. The first-order valence-corrected chi connectivity index (χ1v) is 5.32. The van der Waals surface area contributed by atoms with Crippen LogP contribution in [0, 0.1) is 0 Å². The molecular formula is C11H22N2. The van der Waals surface area contributed by atoms with E-state index in [1.54, 1.807) is 0 Å². The monoisotopic (exact) mass is 182 g/mol. The van der Waals surface area contributed by atoms with Crippen molar-refractivity contribution in [1.29, 1.82) is 0 Å². The van der Waals surface area contributed by atoms with Gasteiger partial charge in [0.05, 0.1) is 0 Å². The fourth-order valence-electron chi connectivity index (χ4n) is 1.97. The number of likely N-dealkylation sites (tertiary alicyclic amines) is 1. The summed E-state index contributed by atoms with van der Waals surface area (Å²) in [7, 11) is 0. The van der Waals surface area contributed by atoms with Crippen LogP contribution in [0.2, 0.25) is 0 Å². The molecule has 1 fully saturated rings. The number of hydrogen-bond acceptors (Lipinski definition) is 2. The van der Waals surface area contributed by atoms with Crippen molar-refractivity contribution in [3.63, 3.8) is 0 Å². The number of rotatable bonds is 4. The van der Waals surface area contributed by atoms with Gasteiger partial charge in [-0.25, -0.2) is 0 Å². The van der Waals surface area contributed by atoms with Crippen molar-refractivity contribution in [2.75, 3.05) is 26.2 Å². The predicted octanol–water partition coefficient (Wildman–Crippen LogP) is 1.64. The highest BCUT2D eigenvalue weighted by atomic mass is 15.1. The Hall–Kier alpha value is -0.340. The lowest BCUT2D eigenvalue weighted by Crippen LogP contribution is -2.42. The Morgan fingerprint density at radius 1 is 1.46 bits per heavy atom. The van der Waals surface area contributed by atoms with E-state index in [4.69, 9.17) is 0 Å². The number of nitrogens with zero attached hydrogens (tertiary/aromatic N) is 1. The quantitative estimate of drug-likeness (QED) is 0.665. The molecule has 2 heteroatoms. The van der Waals surface area contributed by atoms with Gasteiger partial charge in [0.15, 0.2) is 0 Å². The summed E-state index contributed by atoms with van der Waals surface area (Å²) >= 11 is 0. The summed E-state index contributed by atoms with van der Waals surface area (Å²) in [6.07, 6.45) is 2.59. The zero-order valence-electron chi connectivity index (χ0n) is 8.97. The van der Waals surface area contributed by atoms with E-state index < -0.39 is 0 Å². The normalized spacial score (nSPS) is 20.5. The minimum absolute atomic E-state index is 0.756. The molecule has 2 nitrogen and oxygen atoms in total. The number of nitrogens with one attached hydrogen (secondary N) is 1. The van der Waals surface area contributed by atoms with E-state index in [0.717, 1.165) is 19.1 Å². The number of piperidine rings is 1. The standard InChI is InChI=1S/C11H22N2/c1-4-12-11-5-7-13(8-6-11)9-10(2)3/h11-12H,2,4-9H2,1,3H3. The van der Waals surface area contributed by atoms with E-state index in [1.807, 2.05) is 0 Å². The van der Waals surface area contributed by atoms with Crippen molar-refractivity contribution in [3.05, 3.63) is 12.2 Å². The Balaban J connectivity index is 2.18. The largest absolute Gasteiger partial charge is 0.314 e. The molecule has 1 aliphatic rings. The molecule has 0 aromatic rings. The summed E-state index contributed by atoms with van der Waals surface area (Å²) < 4.78 is 0. The van der Waals surface area contributed by atoms with Crippen LogP contribution in [0.3, 0.4) is 0 Å². The lowest BCUT2D eigenvalue weighted by atomic mass is 10.0. The lowest BCUT2D eigenvalue weighted by molar-refractivity contribution is 0.213. The molecule has 1 saturated heterocycles. The third-order valence-electron chi connectivity index (χ3n) is 2.57. The van der Waals surface area contributed by atoms with Gasteiger partial charge in [-0.15, -0.1) is 0 Å². The summed E-state index contributed by atoms with van der Waals surface area (Å²) in [4.78, 5) is 2.50. The van der Waals surface area contributed by atoms with Gasteiger partial charge < -0.3 is 5.32 Å². The molecule has 1 N–H and O–H groups in total. The molecule has 1 heterocycles. The van der Waals surface area contributed by atoms with Gasteiger partial charge in [0.25, 0.3) is 0 Å². The molecule has 1 aliphatic heterocycles. The zero-order valence-corrected chi connectivity index (χ0v) is 8.97. The first-order valence-electron chi connectivity index (χ1n) is 5.32. The van der Waals surface area contributed by atoms with Crippen molar-refractivity contribution in [2.24, 2.45) is 0 Å². The maximum atomic E-state index is 3.95. The Morgan fingerprint density at radius 3 is 2.54 bits per heavy atom. The second-order valence-corrected chi connectivity index (χ2v) is 4.07. The molecular weight excluding hydrogens is 160 g/mol. The van der Waals surface area contributed by atoms with Gasteiger partial charge in [-0.3, -0.25) is 4.90 Å². The summed E-state index contributed by atoms with van der Waals surface area (Å²) in [5, 5.41) is 3.51. The predicted molar refractivity (Wildman–Crippen MR) is 58.0 cm³/mol. The van der Waals surface area contributed by atoms with Crippen LogP contribution in [0.15, 0.2) is 12.2 Å². The molecule has 0 saturated carbocycles. The minimum atomic E-state index is 0.756. The third kappa shape index (κ3) is 3.92. The highest BCUT2D eigenvalue weighted by Crippen LogP contribution is 2.10. The Labute approximate surface area is 82.0 Å². The molecule has 0 atom stereocenters. The van der Waals surface area contributed by atoms with Crippen LogP contribution < -0.4 is 5.32 Å². The molecule has 0 bridgehead atoms. The van der Waals surface area contributed by atoms with Gasteiger partial charge in [0.1, 0.15) is 0 Å². The Kier molecular flexibility index (Phi) is 4.46. The molecule has 1 rings (SSSR count). The van der Waals surface area contributed by atoms with E-state index >= 15 is 0 Å². The third-order valence-corrected chi connectivity index (χ3v) is 2.57. The molecule has 0 spiro atoms. The molecule has 13 heavy (non-hydrogen) atoms. The Morgan fingerprint density at radius 2 is 2.08 bits per heavy atom. The zero-order chi connectivity index (χ0) is 9.68. The molecule has 0 aromatic carbocycles. The highest BCUT2D eigenvalue weighted by Gasteiger charge is 2.17. The van der Waals surface area contributed by atoms with Gasteiger partial charge in [-0.1, -0.05) is 19.1 Å². The van der Waals surface area contributed by atoms with Crippen LogP contribution in [0.25, 0.3) is 0 Å². The van der Waals surface area contributed by atoms with Crippen LogP contribution in [0.1, 0.15) is 26.7 Å². The fraction of sp³-hybridized carbons (Fsp3) is 0.818. The van der Waals surface area contributed by atoms with Crippen molar-refractivity contribution in [1.82, 2.24) is 10.2 Å². The van der Waals surface area contributed by atoms with Gasteiger partial charge in [-0.2, -0.15) is 0 Å². The molecule has 0 aromatic heterocycles. The van der Waals surface area contributed by atoms with Crippen LogP contribution in [0.4, 0.5) is 0 Å².